The number of rotatable bonds is 6. The molecule has 1 atom stereocenters. The minimum atomic E-state index is -0.270. The van der Waals surface area contributed by atoms with Crippen molar-refractivity contribution in [2.24, 2.45) is 5.41 Å². The average molecular weight is 522 g/mol. The van der Waals surface area contributed by atoms with Gasteiger partial charge in [-0.15, -0.1) is 0 Å². The van der Waals surface area contributed by atoms with Crippen LogP contribution in [0.5, 0.6) is 11.5 Å². The zero-order chi connectivity index (χ0) is 27.6. The number of benzene rings is 2. The summed E-state index contributed by atoms with van der Waals surface area (Å²) in [5.41, 5.74) is 8.32. The molecule has 1 fully saturated rings. The van der Waals surface area contributed by atoms with Gasteiger partial charge in [-0.3, -0.25) is 4.79 Å². The Bertz CT molecular complexity index is 1560. The van der Waals surface area contributed by atoms with Crippen molar-refractivity contribution in [3.63, 3.8) is 0 Å². The highest BCUT2D eigenvalue weighted by molar-refractivity contribution is 5.98. The number of nitrogens with zero attached hydrogens (tertiary/aromatic N) is 6. The molecule has 3 heterocycles. The molecule has 1 aliphatic rings. The van der Waals surface area contributed by atoms with E-state index in [1.807, 2.05) is 75.4 Å². The van der Waals surface area contributed by atoms with E-state index < -0.39 is 0 Å². The van der Waals surface area contributed by atoms with E-state index >= 15 is 0 Å². The molecule has 1 unspecified atom stereocenters. The lowest BCUT2D eigenvalue weighted by atomic mass is 9.95. The highest BCUT2D eigenvalue weighted by Gasteiger charge is 2.32. The van der Waals surface area contributed by atoms with Crippen LogP contribution >= 0.6 is 0 Å². The fourth-order valence-corrected chi connectivity index (χ4v) is 4.86. The molecule has 0 radical (unpaired) electrons. The minimum Gasteiger partial charge on any atom is -0.457 e. The average Bonchev–Trinajstić information content (AvgIpc) is 3.53. The Morgan fingerprint density at radius 1 is 1.13 bits per heavy atom. The normalized spacial score (nSPS) is 15.9. The largest absolute Gasteiger partial charge is 0.457 e. The molecular weight excluding hydrogens is 490 g/mol. The van der Waals surface area contributed by atoms with Gasteiger partial charge in [-0.25, -0.2) is 19.5 Å². The van der Waals surface area contributed by atoms with Crippen LogP contribution in [0.15, 0.2) is 72.7 Å². The van der Waals surface area contributed by atoms with Gasteiger partial charge < -0.3 is 15.4 Å². The summed E-state index contributed by atoms with van der Waals surface area (Å²) >= 11 is 0. The van der Waals surface area contributed by atoms with Gasteiger partial charge in [0, 0.05) is 12.1 Å². The predicted molar refractivity (Wildman–Crippen MR) is 151 cm³/mol. The number of ether oxygens (including phenoxy) is 1. The quantitative estimate of drug-likeness (QED) is 0.258. The van der Waals surface area contributed by atoms with Gasteiger partial charge in [0.2, 0.25) is 5.70 Å². The fraction of sp³-hybridized carbons (Fsp3) is 0.300. The van der Waals surface area contributed by atoms with Crippen LogP contribution in [0.2, 0.25) is 0 Å². The number of para-hydroxylation sites is 1. The first-order chi connectivity index (χ1) is 18.7. The van der Waals surface area contributed by atoms with Crippen molar-refractivity contribution in [2.75, 3.05) is 12.3 Å². The molecule has 2 aromatic carbocycles. The molecule has 9 heteroatoms. The van der Waals surface area contributed by atoms with Crippen LogP contribution in [-0.4, -0.2) is 43.1 Å². The Labute approximate surface area is 227 Å². The van der Waals surface area contributed by atoms with Gasteiger partial charge in [-0.1, -0.05) is 45.0 Å². The van der Waals surface area contributed by atoms with Crippen molar-refractivity contribution < 1.29 is 9.53 Å². The molecule has 0 bridgehead atoms. The number of carbonyl (C=O) groups excluding carboxylic acids is 1. The van der Waals surface area contributed by atoms with Crippen LogP contribution in [0, 0.1) is 12.0 Å². The monoisotopic (exact) mass is 521 g/mol. The lowest BCUT2D eigenvalue weighted by Crippen LogP contribution is -2.39. The van der Waals surface area contributed by atoms with Crippen molar-refractivity contribution in [3.05, 3.63) is 84.1 Å². The van der Waals surface area contributed by atoms with Crippen molar-refractivity contribution >= 4 is 22.8 Å². The number of nitrogen functional groups attached to an aromatic ring is 1. The molecule has 0 spiro atoms. The SMILES string of the molecule is [C-]#[N+]/C(=C\C(C)(C)C)C(=O)N1CCCC1Cn1nc(-c2ccc(Oc3ccccc3)cc2)c2c(N)ncnc21. The van der Waals surface area contributed by atoms with Crippen molar-refractivity contribution in [1.82, 2.24) is 24.6 Å². The van der Waals surface area contributed by atoms with Crippen LogP contribution in [-0.2, 0) is 11.3 Å². The Kier molecular flexibility index (Phi) is 7.03. The standard InChI is InChI=1S/C30H31N7O2/c1-30(2,3)17-24(32-4)29(38)36-16-8-9-21(36)18-37-28-25(27(31)33-19-34-28)26(35-37)20-12-14-23(15-13-20)39-22-10-6-5-7-11-22/h5-7,10-15,17,19,21H,8-9,16,18H2,1-3H3,(H2,31,33,34)/b24-17-. The number of hydrogen-bond donors (Lipinski definition) is 1. The number of allylic oxidation sites excluding steroid dienone is 1. The molecule has 198 valence electrons. The molecule has 2 N–H and O–H groups in total. The van der Waals surface area contributed by atoms with Crippen LogP contribution in [0.25, 0.3) is 27.1 Å². The van der Waals surface area contributed by atoms with Crippen molar-refractivity contribution in [3.8, 4) is 22.8 Å². The van der Waals surface area contributed by atoms with Gasteiger partial charge in [-0.2, -0.15) is 5.10 Å². The maximum absolute atomic E-state index is 13.3. The number of carbonyl (C=O) groups is 1. The first-order valence-corrected chi connectivity index (χ1v) is 12.9. The maximum atomic E-state index is 13.3. The van der Waals surface area contributed by atoms with Gasteiger partial charge in [0.05, 0.1) is 24.5 Å². The Balaban J connectivity index is 1.44. The van der Waals surface area contributed by atoms with E-state index in [-0.39, 0.29) is 23.1 Å². The number of anilines is 1. The Morgan fingerprint density at radius 2 is 1.85 bits per heavy atom. The van der Waals surface area contributed by atoms with Gasteiger partial charge in [0.1, 0.15) is 29.3 Å². The molecule has 4 aromatic rings. The number of hydrogen-bond acceptors (Lipinski definition) is 6. The molecule has 1 aliphatic heterocycles. The van der Waals surface area contributed by atoms with E-state index in [1.54, 1.807) is 15.7 Å². The smallest absolute Gasteiger partial charge is 0.252 e. The number of fused-ring (bicyclic) bond motifs is 1. The summed E-state index contributed by atoms with van der Waals surface area (Å²) in [5, 5.41) is 5.56. The third-order valence-electron chi connectivity index (χ3n) is 6.60. The van der Waals surface area contributed by atoms with E-state index in [0.29, 0.717) is 41.4 Å². The maximum Gasteiger partial charge on any atom is 0.252 e. The van der Waals surface area contributed by atoms with E-state index in [4.69, 9.17) is 22.1 Å². The van der Waals surface area contributed by atoms with Crippen molar-refractivity contribution in [1.29, 1.82) is 0 Å². The summed E-state index contributed by atoms with van der Waals surface area (Å²) in [6, 6.07) is 17.1. The topological polar surface area (TPSA) is 104 Å². The number of aromatic nitrogens is 4. The molecule has 0 aliphatic carbocycles. The molecule has 1 saturated heterocycles. The zero-order valence-electron chi connectivity index (χ0n) is 22.3. The predicted octanol–water partition coefficient (Wildman–Crippen LogP) is 5.71. The molecular formula is C30H31N7O2. The van der Waals surface area contributed by atoms with Gasteiger partial charge in [0.15, 0.2) is 5.65 Å². The molecule has 5 rings (SSSR count). The number of amides is 1. The molecule has 0 saturated carbocycles. The van der Waals surface area contributed by atoms with Crippen LogP contribution in [0.4, 0.5) is 5.82 Å². The van der Waals surface area contributed by atoms with Crippen LogP contribution < -0.4 is 10.5 Å². The minimum absolute atomic E-state index is 0.114. The molecule has 9 nitrogen and oxygen atoms in total. The molecule has 39 heavy (non-hydrogen) atoms. The fourth-order valence-electron chi connectivity index (χ4n) is 4.86. The van der Waals surface area contributed by atoms with Crippen LogP contribution in [0.1, 0.15) is 33.6 Å². The lowest BCUT2D eigenvalue weighted by Gasteiger charge is -2.25. The lowest BCUT2D eigenvalue weighted by molar-refractivity contribution is -0.127. The summed E-state index contributed by atoms with van der Waals surface area (Å²) in [7, 11) is 0. The first-order valence-electron chi connectivity index (χ1n) is 12.9. The summed E-state index contributed by atoms with van der Waals surface area (Å²) in [5.74, 6) is 1.57. The first kappa shape index (κ1) is 25.9. The molecule has 1 amide bonds. The number of nitrogens with two attached hydrogens (primary N) is 1. The summed E-state index contributed by atoms with van der Waals surface area (Å²) in [6.07, 6.45) is 4.86. The second-order valence-electron chi connectivity index (χ2n) is 10.7. The van der Waals surface area contributed by atoms with Crippen molar-refractivity contribution in [2.45, 2.75) is 46.2 Å². The van der Waals surface area contributed by atoms with Gasteiger partial charge in [-0.05, 0) is 54.7 Å². The Hall–Kier alpha value is -4.71. The second kappa shape index (κ2) is 10.6. The highest BCUT2D eigenvalue weighted by atomic mass is 16.5. The third kappa shape index (κ3) is 5.60. The summed E-state index contributed by atoms with van der Waals surface area (Å²) < 4.78 is 7.73. The highest BCUT2D eigenvalue weighted by Crippen LogP contribution is 2.33. The van der Waals surface area contributed by atoms with Gasteiger partial charge >= 0.3 is 0 Å². The van der Waals surface area contributed by atoms with Crippen LogP contribution in [0.3, 0.4) is 0 Å². The molecule has 2 aromatic heterocycles. The van der Waals surface area contributed by atoms with E-state index in [0.717, 1.165) is 24.2 Å². The van der Waals surface area contributed by atoms with Gasteiger partial charge in [0.25, 0.3) is 5.91 Å². The number of likely N-dealkylation sites (tertiary alicyclic amines) is 1. The summed E-state index contributed by atoms with van der Waals surface area (Å²) in [4.78, 5) is 27.4. The summed E-state index contributed by atoms with van der Waals surface area (Å²) in [6.45, 7) is 14.6. The van der Waals surface area contributed by atoms with E-state index in [1.165, 1.54) is 6.33 Å². The third-order valence-corrected chi connectivity index (χ3v) is 6.60. The van der Waals surface area contributed by atoms with E-state index in [9.17, 15) is 4.79 Å². The second-order valence-corrected chi connectivity index (χ2v) is 10.7. The zero-order valence-corrected chi connectivity index (χ0v) is 22.3. The van der Waals surface area contributed by atoms with E-state index in [2.05, 4.69) is 14.8 Å². The Morgan fingerprint density at radius 3 is 2.54 bits per heavy atom.